The second-order valence-electron chi connectivity index (χ2n) is 7.59. The Labute approximate surface area is 200 Å². The van der Waals surface area contributed by atoms with Crippen LogP contribution in [-0.2, 0) is 20.8 Å². The predicted octanol–water partition coefficient (Wildman–Crippen LogP) is 4.76. The van der Waals surface area contributed by atoms with Crippen LogP contribution in [0.1, 0.15) is 12.5 Å². The number of carbonyl (C=O) groups excluding carboxylic acids is 2. The largest absolute Gasteiger partial charge is 0.480 e. The third kappa shape index (κ3) is 5.87. The van der Waals surface area contributed by atoms with Gasteiger partial charge in [-0.2, -0.15) is 61.5 Å². The fourth-order valence-electron chi connectivity index (χ4n) is 2.38. The second kappa shape index (κ2) is 9.75. The van der Waals surface area contributed by atoms with Gasteiger partial charge in [0.25, 0.3) is 5.91 Å². The van der Waals surface area contributed by atoms with Crippen LogP contribution in [0.25, 0.3) is 0 Å². The summed E-state index contributed by atoms with van der Waals surface area (Å²) in [7, 11) is 0. The van der Waals surface area contributed by atoms with Crippen LogP contribution < -0.4 is 10.1 Å². The molecule has 1 unspecified atom stereocenters. The lowest BCUT2D eigenvalue weighted by atomic mass is 9.92. The molecule has 0 aliphatic carbocycles. The Morgan fingerprint density at radius 3 is 1.50 bits per heavy atom. The van der Waals surface area contributed by atoms with Crippen LogP contribution >= 0.6 is 0 Å². The van der Waals surface area contributed by atoms with Crippen LogP contribution in [0.5, 0.6) is 5.75 Å². The number of rotatable bonds is 9. The quantitative estimate of drug-likeness (QED) is 0.247. The van der Waals surface area contributed by atoms with Crippen LogP contribution in [0.3, 0.4) is 0 Å². The van der Waals surface area contributed by atoms with Crippen molar-refractivity contribution in [2.24, 2.45) is 0 Å². The number of aliphatic carboxylic acids is 1. The summed E-state index contributed by atoms with van der Waals surface area (Å²) < 4.78 is 182. The van der Waals surface area contributed by atoms with E-state index in [0.717, 1.165) is 5.32 Å². The number of benzene rings is 1. The zero-order valence-corrected chi connectivity index (χ0v) is 17.9. The normalized spacial score (nSPS) is 15.4. The van der Waals surface area contributed by atoms with E-state index in [2.05, 4.69) is 4.74 Å². The first kappa shape index (κ1) is 32.7. The molecule has 0 aliphatic heterocycles. The van der Waals surface area contributed by atoms with Crippen molar-refractivity contribution >= 4 is 17.8 Å². The zero-order valence-electron chi connectivity index (χ0n) is 17.9. The van der Waals surface area contributed by atoms with Gasteiger partial charge in [0.15, 0.2) is 0 Å². The Bertz CT molecular complexity index is 1060. The van der Waals surface area contributed by atoms with Gasteiger partial charge in [0, 0.05) is 6.42 Å². The van der Waals surface area contributed by atoms with Gasteiger partial charge in [-0.15, -0.1) is 0 Å². The van der Waals surface area contributed by atoms with E-state index in [4.69, 9.17) is 0 Å². The zero-order chi connectivity index (χ0) is 30.3. The summed E-state index contributed by atoms with van der Waals surface area (Å²) >= 11 is 0. The van der Waals surface area contributed by atoms with E-state index in [1.54, 1.807) is 0 Å². The molecule has 0 bridgehead atoms. The van der Waals surface area contributed by atoms with Gasteiger partial charge in [-0.05, 0) is 24.6 Å². The molecule has 0 aromatic heterocycles. The number of carbonyl (C=O) groups is 3. The molecule has 1 aromatic rings. The highest BCUT2D eigenvalue weighted by Gasteiger charge is 2.78. The molecule has 1 amide bonds. The van der Waals surface area contributed by atoms with Crippen molar-refractivity contribution in [2.45, 2.75) is 54.9 Å². The molecular formula is C18H11F14NO5. The summed E-state index contributed by atoms with van der Waals surface area (Å²) in [5, 5.41) is 10.0. The summed E-state index contributed by atoms with van der Waals surface area (Å²) in [6.07, 6.45) is -15.0. The Hall–Kier alpha value is -3.35. The lowest BCUT2D eigenvalue weighted by Crippen LogP contribution is -2.64. The highest BCUT2D eigenvalue weighted by molar-refractivity contribution is 5.91. The molecule has 0 fully saturated rings. The average molecular weight is 587 g/mol. The number of carboxylic acid groups (broad SMARTS) is 1. The van der Waals surface area contributed by atoms with Crippen molar-refractivity contribution in [3.8, 4) is 5.75 Å². The molecule has 216 valence electrons. The number of amides is 1. The van der Waals surface area contributed by atoms with Crippen LogP contribution in [-0.4, -0.2) is 64.5 Å². The number of hydrogen-bond acceptors (Lipinski definition) is 4. The van der Waals surface area contributed by atoms with E-state index >= 15 is 0 Å². The van der Waals surface area contributed by atoms with Gasteiger partial charge in [0.1, 0.15) is 11.3 Å². The second-order valence-corrected chi connectivity index (χ2v) is 7.59. The van der Waals surface area contributed by atoms with E-state index < -0.39 is 77.2 Å². The minimum Gasteiger partial charge on any atom is -0.480 e. The van der Waals surface area contributed by atoms with E-state index in [1.807, 2.05) is 0 Å². The minimum atomic E-state index is -6.93. The number of alkyl halides is 14. The van der Waals surface area contributed by atoms with Gasteiger partial charge in [0.05, 0.1) is 0 Å². The van der Waals surface area contributed by atoms with Crippen molar-refractivity contribution in [1.29, 1.82) is 0 Å². The van der Waals surface area contributed by atoms with Crippen LogP contribution in [0.15, 0.2) is 24.3 Å². The Morgan fingerprint density at radius 1 is 0.737 bits per heavy atom. The lowest BCUT2D eigenvalue weighted by Gasteiger charge is -2.32. The van der Waals surface area contributed by atoms with Gasteiger partial charge < -0.3 is 15.2 Å². The summed E-state index contributed by atoms with van der Waals surface area (Å²) in [4.78, 5) is 34.2. The van der Waals surface area contributed by atoms with Crippen molar-refractivity contribution < 1.29 is 85.7 Å². The minimum absolute atomic E-state index is 0.378. The number of halogens is 14. The van der Waals surface area contributed by atoms with Gasteiger partial charge in [-0.1, -0.05) is 12.1 Å². The fourth-order valence-corrected chi connectivity index (χ4v) is 2.38. The molecule has 0 spiro atoms. The molecular weight excluding hydrogens is 576 g/mol. The highest BCUT2D eigenvalue weighted by atomic mass is 19.4. The molecule has 1 rings (SSSR count). The number of esters is 1. The molecule has 6 nitrogen and oxygen atoms in total. The van der Waals surface area contributed by atoms with Gasteiger partial charge >= 0.3 is 48.0 Å². The van der Waals surface area contributed by atoms with Gasteiger partial charge in [-0.25, -0.2) is 9.59 Å². The molecule has 20 heteroatoms. The van der Waals surface area contributed by atoms with Crippen molar-refractivity contribution in [3.63, 3.8) is 0 Å². The van der Waals surface area contributed by atoms with Gasteiger partial charge in [-0.3, -0.25) is 4.79 Å². The van der Waals surface area contributed by atoms with Gasteiger partial charge in [0.2, 0.25) is 0 Å². The third-order valence-electron chi connectivity index (χ3n) is 4.60. The topological polar surface area (TPSA) is 92.7 Å². The Morgan fingerprint density at radius 2 is 1.13 bits per heavy atom. The van der Waals surface area contributed by atoms with E-state index in [-0.39, 0.29) is 0 Å². The first-order valence-corrected chi connectivity index (χ1v) is 9.17. The third-order valence-corrected chi connectivity index (χ3v) is 4.60. The number of carboxylic acids is 1. The molecule has 0 heterocycles. The molecule has 1 atom stereocenters. The summed E-state index contributed by atoms with van der Waals surface area (Å²) in [6.45, 7) is 0.378. The molecule has 0 saturated heterocycles. The van der Waals surface area contributed by atoms with E-state index in [9.17, 15) is 81.0 Å². The lowest BCUT2D eigenvalue weighted by molar-refractivity contribution is -0.346. The SMILES string of the molecule is CC(Cc1ccc(OC(=O)C(F)(F)C(F)(F)C(F)(F)F)cc1)(NC(=O)C(F)(F)C(F)(F)C(F)(F)F)C(=O)O. The standard InChI is InChI=1S/C18H11F14NO5/c1-12(10(35)36,33-9(34)13(19,20)15(23,24)17(27,28)29)6-7-2-4-8(5-3-7)38-11(37)14(21,22)16(25,26)18(30,31)32/h2-5H,6H2,1H3,(H,33,34)(H,35,36). The molecule has 0 radical (unpaired) electrons. The van der Waals surface area contributed by atoms with Crippen molar-refractivity contribution in [1.82, 2.24) is 5.32 Å². The number of hydrogen-bond donors (Lipinski definition) is 2. The molecule has 1 aromatic carbocycles. The van der Waals surface area contributed by atoms with Crippen LogP contribution in [0.2, 0.25) is 0 Å². The fraction of sp³-hybridized carbons (Fsp3) is 0.500. The maximum absolute atomic E-state index is 13.5. The highest BCUT2D eigenvalue weighted by Crippen LogP contribution is 2.48. The maximum Gasteiger partial charge on any atom is 0.460 e. The average Bonchev–Trinajstić information content (AvgIpc) is 2.72. The summed E-state index contributed by atoms with van der Waals surface area (Å²) in [5.74, 6) is -36.8. The number of nitrogens with one attached hydrogen (secondary N) is 1. The first-order chi connectivity index (χ1) is 16.6. The molecule has 0 saturated carbocycles. The molecule has 38 heavy (non-hydrogen) atoms. The van der Waals surface area contributed by atoms with Crippen LogP contribution in [0, 0.1) is 0 Å². The van der Waals surface area contributed by atoms with E-state index in [0.29, 0.717) is 31.2 Å². The first-order valence-electron chi connectivity index (χ1n) is 9.17. The molecule has 2 N–H and O–H groups in total. The van der Waals surface area contributed by atoms with Crippen LogP contribution in [0.4, 0.5) is 61.5 Å². The van der Waals surface area contributed by atoms with E-state index in [1.165, 1.54) is 0 Å². The number of ether oxygens (including phenoxy) is 1. The predicted molar refractivity (Wildman–Crippen MR) is 91.9 cm³/mol. The summed E-state index contributed by atoms with van der Waals surface area (Å²) in [6, 6.07) is 1.92. The summed E-state index contributed by atoms with van der Waals surface area (Å²) in [5.41, 5.74) is -3.50. The maximum atomic E-state index is 13.5. The molecule has 0 aliphatic rings. The Balaban J connectivity index is 3.15. The van der Waals surface area contributed by atoms with Crippen molar-refractivity contribution in [3.05, 3.63) is 29.8 Å². The van der Waals surface area contributed by atoms with Crippen molar-refractivity contribution in [2.75, 3.05) is 0 Å². The Kier molecular flexibility index (Phi) is 8.39. The smallest absolute Gasteiger partial charge is 0.460 e. The monoisotopic (exact) mass is 587 g/mol.